The lowest BCUT2D eigenvalue weighted by Crippen LogP contribution is -2.46. The lowest BCUT2D eigenvalue weighted by molar-refractivity contribution is -0.121. The minimum Gasteiger partial charge on any atom is -0.461 e. The maximum Gasteiger partial charge on any atom is 0.233 e. The molecule has 25 heavy (non-hydrogen) atoms. The third kappa shape index (κ3) is 3.92. The average molecular weight is 362 g/mol. The largest absolute Gasteiger partial charge is 0.461 e. The van der Waals surface area contributed by atoms with Gasteiger partial charge in [-0.05, 0) is 37.3 Å². The Balaban J connectivity index is 1.62. The molecule has 1 amide bonds. The van der Waals surface area contributed by atoms with Gasteiger partial charge in [0.1, 0.15) is 0 Å². The molecule has 136 valence electrons. The van der Waals surface area contributed by atoms with Crippen LogP contribution in [0, 0.1) is 11.8 Å². The molecule has 6 nitrogen and oxygen atoms in total. The lowest BCUT2D eigenvalue weighted by Gasteiger charge is -2.35. The summed E-state index contributed by atoms with van der Waals surface area (Å²) in [5.74, 6) is 2.59. The lowest BCUT2D eigenvalue weighted by atomic mass is 9.78. The smallest absolute Gasteiger partial charge is 0.233 e. The van der Waals surface area contributed by atoms with Gasteiger partial charge in [0.05, 0.1) is 11.5 Å². The van der Waals surface area contributed by atoms with Gasteiger partial charge < -0.3 is 14.3 Å². The van der Waals surface area contributed by atoms with E-state index in [-0.39, 0.29) is 17.2 Å². The number of rotatable bonds is 5. The molecule has 0 aromatic carbocycles. The third-order valence-corrected chi connectivity index (χ3v) is 6.40. The molecule has 4 atom stereocenters. The van der Waals surface area contributed by atoms with Crippen molar-refractivity contribution in [3.8, 4) is 11.6 Å². The van der Waals surface area contributed by atoms with Gasteiger partial charge in [0, 0.05) is 13.1 Å². The van der Waals surface area contributed by atoms with Gasteiger partial charge in [-0.3, -0.25) is 4.79 Å². The summed E-state index contributed by atoms with van der Waals surface area (Å²) < 4.78 is 7.24. The highest BCUT2D eigenvalue weighted by Crippen LogP contribution is 2.30. The van der Waals surface area contributed by atoms with Gasteiger partial charge in [0.15, 0.2) is 16.7 Å². The second kappa shape index (κ2) is 7.64. The van der Waals surface area contributed by atoms with Crippen molar-refractivity contribution in [1.82, 2.24) is 20.1 Å². The molecule has 1 aliphatic rings. The van der Waals surface area contributed by atoms with Gasteiger partial charge >= 0.3 is 0 Å². The number of amides is 1. The highest BCUT2D eigenvalue weighted by atomic mass is 32.2. The molecule has 2 aromatic heterocycles. The highest BCUT2D eigenvalue weighted by molar-refractivity contribution is 8.00. The monoisotopic (exact) mass is 362 g/mol. The maximum atomic E-state index is 12.6. The highest BCUT2D eigenvalue weighted by Gasteiger charge is 2.30. The SMILES string of the molecule is C[C@@H]1[C@H](C)CCC[C@H]1NC(=O)[C@H](C)Sc1nnc(-c2ccco2)n1C. The van der Waals surface area contributed by atoms with E-state index in [9.17, 15) is 4.79 Å². The first-order valence-corrected chi connectivity index (χ1v) is 9.75. The molecule has 2 heterocycles. The van der Waals surface area contributed by atoms with Crippen molar-refractivity contribution in [2.75, 3.05) is 0 Å². The van der Waals surface area contributed by atoms with Crippen LogP contribution in [0.2, 0.25) is 0 Å². The van der Waals surface area contributed by atoms with E-state index in [1.165, 1.54) is 24.6 Å². The quantitative estimate of drug-likeness (QED) is 0.824. The van der Waals surface area contributed by atoms with E-state index in [1.807, 2.05) is 30.7 Å². The fourth-order valence-electron chi connectivity index (χ4n) is 3.34. The molecular formula is C18H26N4O2S. The molecule has 0 saturated heterocycles. The Morgan fingerprint density at radius 1 is 1.40 bits per heavy atom. The summed E-state index contributed by atoms with van der Waals surface area (Å²) in [6.07, 6.45) is 5.13. The standard InChI is InChI=1S/C18H26N4O2S/c1-11-7-5-8-14(12(11)2)19-17(23)13(3)25-18-21-20-16(22(18)4)15-9-6-10-24-15/h6,9-14H,5,7-8H2,1-4H3,(H,19,23)/t11-,12-,13+,14-/m1/s1. The van der Waals surface area contributed by atoms with Crippen LogP contribution in [0.3, 0.4) is 0 Å². The molecular weight excluding hydrogens is 336 g/mol. The second-order valence-electron chi connectivity index (χ2n) is 6.98. The summed E-state index contributed by atoms with van der Waals surface area (Å²) in [4.78, 5) is 12.6. The number of carbonyl (C=O) groups is 1. The van der Waals surface area contributed by atoms with Crippen LogP contribution in [0.1, 0.15) is 40.0 Å². The summed E-state index contributed by atoms with van der Waals surface area (Å²) in [6.45, 7) is 6.43. The fraction of sp³-hybridized carbons (Fsp3) is 0.611. The summed E-state index contributed by atoms with van der Waals surface area (Å²) in [6, 6.07) is 3.94. The molecule has 7 heteroatoms. The van der Waals surface area contributed by atoms with E-state index < -0.39 is 0 Å². The molecule has 1 aliphatic carbocycles. The number of furan rings is 1. The van der Waals surface area contributed by atoms with Crippen molar-refractivity contribution in [2.24, 2.45) is 18.9 Å². The first-order chi connectivity index (χ1) is 12.0. The number of nitrogens with one attached hydrogen (secondary N) is 1. The van der Waals surface area contributed by atoms with Gasteiger partial charge in [-0.25, -0.2) is 0 Å². The average Bonchev–Trinajstić information content (AvgIpc) is 3.22. The summed E-state index contributed by atoms with van der Waals surface area (Å²) in [5, 5.41) is 12.1. The number of aromatic nitrogens is 3. The molecule has 1 fully saturated rings. The third-order valence-electron chi connectivity index (χ3n) is 5.26. The number of carbonyl (C=O) groups excluding carboxylic acids is 1. The maximum absolute atomic E-state index is 12.6. The molecule has 1 saturated carbocycles. The molecule has 1 N–H and O–H groups in total. The van der Waals surface area contributed by atoms with Crippen molar-refractivity contribution in [1.29, 1.82) is 0 Å². The number of hydrogen-bond donors (Lipinski definition) is 1. The second-order valence-corrected chi connectivity index (χ2v) is 8.29. The number of thioether (sulfide) groups is 1. The van der Waals surface area contributed by atoms with Gasteiger partial charge in [0.25, 0.3) is 0 Å². The van der Waals surface area contributed by atoms with E-state index in [2.05, 4.69) is 29.4 Å². The van der Waals surface area contributed by atoms with E-state index in [1.54, 1.807) is 6.26 Å². The van der Waals surface area contributed by atoms with Crippen LogP contribution < -0.4 is 5.32 Å². The van der Waals surface area contributed by atoms with Gasteiger partial charge in [-0.15, -0.1) is 10.2 Å². The number of nitrogens with zero attached hydrogens (tertiary/aromatic N) is 3. The zero-order valence-corrected chi connectivity index (χ0v) is 16.0. The summed E-state index contributed by atoms with van der Waals surface area (Å²) >= 11 is 1.42. The van der Waals surface area contributed by atoms with Gasteiger partial charge in [0.2, 0.25) is 5.91 Å². The van der Waals surface area contributed by atoms with Crippen molar-refractivity contribution < 1.29 is 9.21 Å². The molecule has 0 unspecified atom stereocenters. The first-order valence-electron chi connectivity index (χ1n) is 8.87. The predicted octanol–water partition coefficient (Wildman–Crippen LogP) is 3.50. The van der Waals surface area contributed by atoms with Crippen molar-refractivity contribution >= 4 is 17.7 Å². The minimum atomic E-state index is -0.225. The molecule has 0 bridgehead atoms. The van der Waals surface area contributed by atoms with Gasteiger partial charge in [-0.2, -0.15) is 0 Å². The minimum absolute atomic E-state index is 0.0681. The van der Waals surface area contributed by atoms with Crippen LogP contribution in [-0.4, -0.2) is 32.0 Å². The van der Waals surface area contributed by atoms with Crippen LogP contribution in [-0.2, 0) is 11.8 Å². The zero-order chi connectivity index (χ0) is 18.0. The molecule has 0 radical (unpaired) electrons. The Bertz CT molecular complexity index is 713. The molecule has 0 aliphatic heterocycles. The number of hydrogen-bond acceptors (Lipinski definition) is 5. The predicted molar refractivity (Wildman–Crippen MR) is 98.1 cm³/mol. The fourth-order valence-corrected chi connectivity index (χ4v) is 4.16. The molecule has 3 rings (SSSR count). The van der Waals surface area contributed by atoms with E-state index in [0.717, 1.165) is 6.42 Å². The molecule has 0 spiro atoms. The van der Waals surface area contributed by atoms with Crippen LogP contribution >= 0.6 is 11.8 Å². The Kier molecular flexibility index (Phi) is 5.51. The Labute approximate surface area is 152 Å². The van der Waals surface area contributed by atoms with Crippen LogP contribution in [0.15, 0.2) is 28.0 Å². The first kappa shape index (κ1) is 18.0. The normalized spacial score (nSPS) is 24.9. The van der Waals surface area contributed by atoms with Crippen LogP contribution in [0.25, 0.3) is 11.6 Å². The van der Waals surface area contributed by atoms with Crippen molar-refractivity contribution in [2.45, 2.75) is 56.5 Å². The molecule has 2 aromatic rings. The van der Waals surface area contributed by atoms with Crippen LogP contribution in [0.4, 0.5) is 0 Å². The topological polar surface area (TPSA) is 73.0 Å². The van der Waals surface area contributed by atoms with E-state index in [0.29, 0.717) is 28.6 Å². The Morgan fingerprint density at radius 2 is 2.20 bits per heavy atom. The Morgan fingerprint density at radius 3 is 2.92 bits per heavy atom. The van der Waals surface area contributed by atoms with Gasteiger partial charge in [-0.1, -0.05) is 38.5 Å². The van der Waals surface area contributed by atoms with E-state index in [4.69, 9.17) is 4.42 Å². The van der Waals surface area contributed by atoms with Crippen LogP contribution in [0.5, 0.6) is 0 Å². The summed E-state index contributed by atoms with van der Waals surface area (Å²) in [7, 11) is 1.88. The van der Waals surface area contributed by atoms with E-state index >= 15 is 0 Å². The zero-order valence-electron chi connectivity index (χ0n) is 15.2. The van der Waals surface area contributed by atoms with Crippen molar-refractivity contribution in [3.05, 3.63) is 18.4 Å². The Hall–Kier alpha value is -1.76. The summed E-state index contributed by atoms with van der Waals surface area (Å²) in [5.41, 5.74) is 0. The van der Waals surface area contributed by atoms with Crippen molar-refractivity contribution in [3.63, 3.8) is 0 Å².